The van der Waals surface area contributed by atoms with Crippen molar-refractivity contribution in [2.45, 2.75) is 33.8 Å². The van der Waals surface area contributed by atoms with Crippen molar-refractivity contribution in [3.05, 3.63) is 52.2 Å². The number of esters is 1. The molecule has 1 heterocycles. The van der Waals surface area contributed by atoms with Gasteiger partial charge in [0.05, 0.1) is 5.00 Å². The smallest absolute Gasteiger partial charge is 0.349 e. The number of benzene rings is 1. The van der Waals surface area contributed by atoms with Gasteiger partial charge in [0.15, 0.2) is 0 Å². The molecule has 0 aliphatic rings. The van der Waals surface area contributed by atoms with E-state index in [9.17, 15) is 18.8 Å². The number of aryl methyl sites for hydroxylation is 1. The van der Waals surface area contributed by atoms with Crippen molar-refractivity contribution in [3.63, 3.8) is 0 Å². The number of nitrogens with two attached hydrogens (primary N) is 1. The summed E-state index contributed by atoms with van der Waals surface area (Å²) in [6.07, 6.45) is -1.34. The van der Waals surface area contributed by atoms with Crippen LogP contribution in [0.3, 0.4) is 0 Å². The van der Waals surface area contributed by atoms with E-state index < -0.39 is 29.2 Å². The van der Waals surface area contributed by atoms with E-state index in [0.717, 1.165) is 23.5 Å². The maximum atomic E-state index is 13.1. The van der Waals surface area contributed by atoms with Gasteiger partial charge >= 0.3 is 5.97 Å². The zero-order valence-corrected chi connectivity index (χ0v) is 16.3. The van der Waals surface area contributed by atoms with Crippen LogP contribution in [0.15, 0.2) is 30.3 Å². The van der Waals surface area contributed by atoms with Crippen LogP contribution < -0.4 is 11.1 Å². The van der Waals surface area contributed by atoms with E-state index in [4.69, 9.17) is 10.5 Å². The number of hydrogen-bond acceptors (Lipinski definition) is 5. The van der Waals surface area contributed by atoms with Crippen LogP contribution in [0.25, 0.3) is 0 Å². The molecule has 0 bridgehead atoms. The van der Waals surface area contributed by atoms with Crippen molar-refractivity contribution in [3.8, 4) is 0 Å². The van der Waals surface area contributed by atoms with E-state index in [1.54, 1.807) is 33.8 Å². The zero-order chi connectivity index (χ0) is 20.4. The van der Waals surface area contributed by atoms with E-state index in [1.807, 2.05) is 0 Å². The zero-order valence-electron chi connectivity index (χ0n) is 15.5. The minimum atomic E-state index is -1.34. The lowest BCUT2D eigenvalue weighted by molar-refractivity contribution is -0.127. The van der Waals surface area contributed by atoms with Crippen molar-refractivity contribution in [2.75, 3.05) is 5.32 Å². The van der Waals surface area contributed by atoms with Gasteiger partial charge in [-0.2, -0.15) is 0 Å². The fourth-order valence-corrected chi connectivity index (χ4v) is 3.08. The second-order valence-corrected chi connectivity index (χ2v) is 8.12. The van der Waals surface area contributed by atoms with Gasteiger partial charge in [-0.3, -0.25) is 9.59 Å². The normalized spacial score (nSPS) is 12.3. The number of anilines is 1. The van der Waals surface area contributed by atoms with Gasteiger partial charge in [-0.25, -0.2) is 9.18 Å². The molecule has 8 heteroatoms. The third-order valence-electron chi connectivity index (χ3n) is 3.68. The Kier molecular flexibility index (Phi) is 6.00. The van der Waals surface area contributed by atoms with Crippen LogP contribution >= 0.6 is 11.3 Å². The molecule has 0 saturated carbocycles. The summed E-state index contributed by atoms with van der Waals surface area (Å²) in [4.78, 5) is 36.5. The van der Waals surface area contributed by atoms with E-state index in [-0.39, 0.29) is 16.3 Å². The van der Waals surface area contributed by atoms with E-state index in [0.29, 0.717) is 10.6 Å². The second kappa shape index (κ2) is 7.87. The van der Waals surface area contributed by atoms with Gasteiger partial charge in [0.2, 0.25) is 12.0 Å². The van der Waals surface area contributed by atoms with Crippen LogP contribution in [0, 0.1) is 18.2 Å². The fourth-order valence-electron chi connectivity index (χ4n) is 2.13. The molecule has 2 amide bonds. The third-order valence-corrected chi connectivity index (χ3v) is 4.81. The number of amides is 2. The summed E-state index contributed by atoms with van der Waals surface area (Å²) in [5, 5.41) is 3.25. The first-order valence-electron chi connectivity index (χ1n) is 8.16. The van der Waals surface area contributed by atoms with Crippen LogP contribution in [0.5, 0.6) is 0 Å². The molecule has 2 aromatic rings. The predicted molar refractivity (Wildman–Crippen MR) is 101 cm³/mol. The first-order chi connectivity index (χ1) is 12.5. The number of carbonyl (C=O) groups is 3. The van der Waals surface area contributed by atoms with Crippen molar-refractivity contribution in [1.82, 2.24) is 0 Å². The highest BCUT2D eigenvalue weighted by atomic mass is 32.1. The summed E-state index contributed by atoms with van der Waals surface area (Å²) in [7, 11) is 0. The van der Waals surface area contributed by atoms with E-state index in [1.165, 1.54) is 12.1 Å². The Morgan fingerprint density at radius 3 is 2.30 bits per heavy atom. The SMILES string of the molecule is Cc1cc(NC(=O)C(C)(C)C)sc1C(=O)O[C@@H](C(N)=O)c1ccc(F)cc1. The molecule has 1 atom stereocenters. The first kappa shape index (κ1) is 20.6. The Bertz CT molecular complexity index is 869. The number of ether oxygens (including phenoxy) is 1. The van der Waals surface area contributed by atoms with Gasteiger partial charge in [0.1, 0.15) is 10.7 Å². The molecular formula is C19H21FN2O4S. The Morgan fingerprint density at radius 1 is 1.19 bits per heavy atom. The minimum Gasteiger partial charge on any atom is -0.443 e. The molecule has 0 radical (unpaired) electrons. The van der Waals surface area contributed by atoms with Gasteiger partial charge in [-0.05, 0) is 30.7 Å². The lowest BCUT2D eigenvalue weighted by Gasteiger charge is -2.16. The van der Waals surface area contributed by atoms with Gasteiger partial charge in [-0.1, -0.05) is 32.9 Å². The van der Waals surface area contributed by atoms with Crippen LogP contribution in [0.4, 0.5) is 9.39 Å². The highest BCUT2D eigenvalue weighted by Crippen LogP contribution is 2.30. The van der Waals surface area contributed by atoms with Gasteiger partial charge in [-0.15, -0.1) is 11.3 Å². The van der Waals surface area contributed by atoms with Crippen LogP contribution in [-0.4, -0.2) is 17.8 Å². The summed E-state index contributed by atoms with van der Waals surface area (Å²) < 4.78 is 18.3. The molecular weight excluding hydrogens is 371 g/mol. The van der Waals surface area contributed by atoms with E-state index in [2.05, 4.69) is 5.32 Å². The molecule has 2 rings (SSSR count). The summed E-state index contributed by atoms with van der Waals surface area (Å²) in [6, 6.07) is 6.61. The summed E-state index contributed by atoms with van der Waals surface area (Å²) in [6.45, 7) is 7.02. The number of hydrogen-bond donors (Lipinski definition) is 2. The Hall–Kier alpha value is -2.74. The van der Waals surface area contributed by atoms with Crippen molar-refractivity contribution >= 4 is 34.1 Å². The number of halogens is 1. The molecule has 27 heavy (non-hydrogen) atoms. The largest absolute Gasteiger partial charge is 0.443 e. The molecule has 0 aliphatic carbocycles. The maximum absolute atomic E-state index is 13.1. The summed E-state index contributed by atoms with van der Waals surface area (Å²) >= 11 is 1.04. The maximum Gasteiger partial charge on any atom is 0.349 e. The van der Waals surface area contributed by atoms with Gasteiger partial charge in [0.25, 0.3) is 5.91 Å². The quantitative estimate of drug-likeness (QED) is 0.760. The predicted octanol–water partition coefficient (Wildman–Crippen LogP) is 3.56. The lowest BCUT2D eigenvalue weighted by atomic mass is 9.96. The molecule has 1 aromatic heterocycles. The number of primary amides is 1. The average molecular weight is 392 g/mol. The summed E-state index contributed by atoms with van der Waals surface area (Å²) in [5.74, 6) is -2.29. The highest BCUT2D eigenvalue weighted by molar-refractivity contribution is 7.18. The highest BCUT2D eigenvalue weighted by Gasteiger charge is 2.27. The Balaban J connectivity index is 2.20. The van der Waals surface area contributed by atoms with Gasteiger partial charge < -0.3 is 15.8 Å². The molecule has 3 N–H and O–H groups in total. The topological polar surface area (TPSA) is 98.5 Å². The average Bonchev–Trinajstić information content (AvgIpc) is 2.92. The Labute approximate surface area is 160 Å². The van der Waals surface area contributed by atoms with E-state index >= 15 is 0 Å². The van der Waals surface area contributed by atoms with Crippen molar-refractivity contribution in [2.24, 2.45) is 11.1 Å². The molecule has 0 fully saturated rings. The molecule has 0 saturated heterocycles. The lowest BCUT2D eigenvalue weighted by Crippen LogP contribution is -2.27. The minimum absolute atomic E-state index is 0.190. The van der Waals surface area contributed by atoms with Crippen LogP contribution in [0.2, 0.25) is 0 Å². The molecule has 0 aliphatic heterocycles. The molecule has 144 valence electrons. The first-order valence-corrected chi connectivity index (χ1v) is 8.98. The third kappa shape index (κ3) is 5.13. The van der Waals surface area contributed by atoms with Gasteiger partial charge in [0, 0.05) is 11.0 Å². The summed E-state index contributed by atoms with van der Waals surface area (Å²) in [5.41, 5.74) is 5.61. The molecule has 6 nitrogen and oxygen atoms in total. The number of rotatable bonds is 5. The Morgan fingerprint density at radius 2 is 1.78 bits per heavy atom. The molecule has 0 unspecified atom stereocenters. The number of thiophene rings is 1. The van der Waals surface area contributed by atoms with Crippen LogP contribution in [-0.2, 0) is 14.3 Å². The van der Waals surface area contributed by atoms with Crippen molar-refractivity contribution in [1.29, 1.82) is 0 Å². The standard InChI is InChI=1S/C19H21FN2O4S/c1-10-9-13(22-18(25)19(2,3)4)27-15(10)17(24)26-14(16(21)23)11-5-7-12(20)8-6-11/h5-9,14H,1-4H3,(H2,21,23)(H,22,25)/t14-/m1/s1. The monoisotopic (exact) mass is 392 g/mol. The fraction of sp³-hybridized carbons (Fsp3) is 0.316. The molecule has 0 spiro atoms. The van der Waals surface area contributed by atoms with Crippen LogP contribution in [0.1, 0.15) is 47.7 Å². The second-order valence-electron chi connectivity index (χ2n) is 7.07. The molecule has 1 aromatic carbocycles. The number of carbonyl (C=O) groups excluding carboxylic acids is 3. The number of nitrogens with one attached hydrogen (secondary N) is 1. The van der Waals surface area contributed by atoms with Crippen molar-refractivity contribution < 1.29 is 23.5 Å².